The lowest BCUT2D eigenvalue weighted by molar-refractivity contribution is 0.102. The lowest BCUT2D eigenvalue weighted by Crippen LogP contribution is -2.18. The minimum Gasteiger partial charge on any atom is -0.321 e. The number of amides is 1. The van der Waals surface area contributed by atoms with Crippen LogP contribution in [0.4, 0.5) is 20.3 Å². The fourth-order valence-electron chi connectivity index (χ4n) is 1.66. The number of para-hydroxylation sites is 1. The molecule has 0 saturated heterocycles. The van der Waals surface area contributed by atoms with Crippen molar-refractivity contribution in [3.05, 3.63) is 48.2 Å². The third-order valence-electron chi connectivity index (χ3n) is 2.54. The topological polar surface area (TPSA) is 80.0 Å². The van der Waals surface area contributed by atoms with Crippen LogP contribution in [0.3, 0.4) is 0 Å². The Morgan fingerprint density at radius 3 is 2.71 bits per heavy atom. The van der Waals surface area contributed by atoms with E-state index in [4.69, 9.17) is 5.84 Å². The van der Waals surface area contributed by atoms with Gasteiger partial charge < -0.3 is 10.7 Å². The quantitative estimate of drug-likeness (QED) is 0.449. The fraction of sp³-hybridized carbons (Fsp3) is 0.0769. The largest absolute Gasteiger partial charge is 0.321 e. The van der Waals surface area contributed by atoms with Gasteiger partial charge in [0.25, 0.3) is 11.7 Å². The van der Waals surface area contributed by atoms with E-state index >= 15 is 0 Å². The molecule has 0 unspecified atom stereocenters. The van der Waals surface area contributed by atoms with Crippen LogP contribution in [0.1, 0.15) is 10.4 Å². The van der Waals surface area contributed by atoms with Gasteiger partial charge in [0.05, 0.1) is 11.3 Å². The number of aromatic nitrogens is 1. The highest BCUT2D eigenvalue weighted by Crippen LogP contribution is 2.32. The summed E-state index contributed by atoms with van der Waals surface area (Å²) in [5.74, 6) is 2.43. The zero-order valence-electron chi connectivity index (χ0n) is 10.7. The summed E-state index contributed by atoms with van der Waals surface area (Å²) in [7, 11) is 0. The molecule has 0 radical (unpaired) electrons. The second-order valence-corrected chi connectivity index (χ2v) is 4.90. The molecule has 1 aromatic carbocycles. The van der Waals surface area contributed by atoms with E-state index in [-0.39, 0.29) is 16.3 Å². The standard InChI is InChI=1S/C13H12F2N4OS/c14-13(15)21-10-6-2-1-5-9(10)18-12(20)8-4-3-7-17-11(8)19-16/h1-7,13H,16H2,(H,17,19)(H,18,20). The Morgan fingerprint density at radius 1 is 1.24 bits per heavy atom. The van der Waals surface area contributed by atoms with Crippen LogP contribution in [0.5, 0.6) is 0 Å². The van der Waals surface area contributed by atoms with Crippen molar-refractivity contribution in [3.8, 4) is 0 Å². The molecule has 0 bridgehead atoms. The molecule has 4 N–H and O–H groups in total. The first-order valence-corrected chi connectivity index (χ1v) is 6.76. The molecule has 8 heteroatoms. The first-order valence-electron chi connectivity index (χ1n) is 5.88. The number of nitrogens with one attached hydrogen (secondary N) is 2. The summed E-state index contributed by atoms with van der Waals surface area (Å²) in [4.78, 5) is 16.4. The van der Waals surface area contributed by atoms with E-state index in [9.17, 15) is 13.6 Å². The molecule has 0 saturated carbocycles. The van der Waals surface area contributed by atoms with E-state index in [2.05, 4.69) is 15.7 Å². The van der Waals surface area contributed by atoms with E-state index in [0.29, 0.717) is 17.4 Å². The summed E-state index contributed by atoms with van der Waals surface area (Å²) in [5.41, 5.74) is 2.84. The summed E-state index contributed by atoms with van der Waals surface area (Å²) < 4.78 is 25.0. The molecule has 2 aromatic rings. The minimum absolute atomic E-state index is 0.203. The first kappa shape index (κ1) is 15.2. The second kappa shape index (κ2) is 7.00. The van der Waals surface area contributed by atoms with E-state index in [1.54, 1.807) is 24.3 Å². The smallest absolute Gasteiger partial charge is 0.288 e. The van der Waals surface area contributed by atoms with Gasteiger partial charge in [0.15, 0.2) is 5.82 Å². The van der Waals surface area contributed by atoms with Crippen molar-refractivity contribution in [1.29, 1.82) is 0 Å². The number of nitrogens with zero attached hydrogens (tertiary/aromatic N) is 1. The van der Waals surface area contributed by atoms with Gasteiger partial charge in [-0.2, -0.15) is 8.78 Å². The Balaban J connectivity index is 2.24. The van der Waals surface area contributed by atoms with Gasteiger partial charge >= 0.3 is 0 Å². The van der Waals surface area contributed by atoms with Crippen LogP contribution in [0.2, 0.25) is 0 Å². The Hall–Kier alpha value is -2.19. The zero-order chi connectivity index (χ0) is 15.2. The molecule has 0 aliphatic heterocycles. The van der Waals surface area contributed by atoms with Gasteiger partial charge in [-0.25, -0.2) is 10.8 Å². The number of anilines is 2. The number of thioether (sulfide) groups is 1. The molecule has 1 aromatic heterocycles. The molecule has 21 heavy (non-hydrogen) atoms. The van der Waals surface area contributed by atoms with Crippen molar-refractivity contribution in [2.75, 3.05) is 10.7 Å². The van der Waals surface area contributed by atoms with Gasteiger partial charge in [-0.15, -0.1) is 0 Å². The molecule has 1 heterocycles. The summed E-state index contributed by atoms with van der Waals surface area (Å²) >= 11 is 0.368. The number of rotatable bonds is 5. The number of carbonyl (C=O) groups excluding carboxylic acids is 1. The number of alkyl halides is 2. The molecular formula is C13H12F2N4OS. The van der Waals surface area contributed by atoms with Crippen LogP contribution >= 0.6 is 11.8 Å². The zero-order valence-corrected chi connectivity index (χ0v) is 11.5. The Morgan fingerprint density at radius 2 is 2.00 bits per heavy atom. The van der Waals surface area contributed by atoms with Crippen molar-refractivity contribution in [2.45, 2.75) is 10.7 Å². The highest BCUT2D eigenvalue weighted by atomic mass is 32.2. The molecule has 0 spiro atoms. The number of hydrogen-bond acceptors (Lipinski definition) is 5. The van der Waals surface area contributed by atoms with E-state index in [0.717, 1.165) is 0 Å². The Bertz CT molecular complexity index is 639. The van der Waals surface area contributed by atoms with Gasteiger partial charge in [0, 0.05) is 11.1 Å². The van der Waals surface area contributed by atoms with Gasteiger partial charge in [-0.1, -0.05) is 23.9 Å². The summed E-state index contributed by atoms with van der Waals surface area (Å²) in [5, 5.41) is 2.58. The third kappa shape index (κ3) is 3.89. The molecule has 0 atom stereocenters. The van der Waals surface area contributed by atoms with Crippen molar-refractivity contribution >= 4 is 29.2 Å². The summed E-state index contributed by atoms with van der Waals surface area (Å²) in [6.45, 7) is 0. The average molecular weight is 310 g/mol. The predicted octanol–water partition coefficient (Wildman–Crippen LogP) is 2.93. The highest BCUT2D eigenvalue weighted by Gasteiger charge is 2.15. The van der Waals surface area contributed by atoms with Crippen LogP contribution in [0, 0.1) is 0 Å². The molecule has 5 nitrogen and oxygen atoms in total. The van der Waals surface area contributed by atoms with Crippen molar-refractivity contribution in [3.63, 3.8) is 0 Å². The maximum Gasteiger partial charge on any atom is 0.288 e. The number of hydrazine groups is 1. The average Bonchev–Trinajstić information content (AvgIpc) is 2.48. The van der Waals surface area contributed by atoms with Crippen LogP contribution in [0.15, 0.2) is 47.5 Å². The van der Waals surface area contributed by atoms with E-state index in [1.807, 2.05) is 0 Å². The van der Waals surface area contributed by atoms with Crippen LogP contribution in [-0.4, -0.2) is 16.6 Å². The minimum atomic E-state index is -2.57. The molecule has 0 fully saturated rings. The fourth-order valence-corrected chi connectivity index (χ4v) is 2.26. The Labute approximate surface area is 123 Å². The Kier molecular flexibility index (Phi) is 5.07. The number of hydrogen-bond donors (Lipinski definition) is 3. The number of nitrogen functional groups attached to an aromatic ring is 1. The van der Waals surface area contributed by atoms with Crippen molar-refractivity contribution in [2.24, 2.45) is 5.84 Å². The summed E-state index contributed by atoms with van der Waals surface area (Å²) in [6.07, 6.45) is 1.48. The third-order valence-corrected chi connectivity index (χ3v) is 3.33. The van der Waals surface area contributed by atoms with Gasteiger partial charge in [-0.3, -0.25) is 4.79 Å². The number of carbonyl (C=O) groups is 1. The number of nitrogens with two attached hydrogens (primary N) is 1. The molecule has 2 rings (SSSR count). The molecule has 0 aliphatic rings. The molecule has 1 amide bonds. The normalized spacial score (nSPS) is 10.5. The molecule has 0 aliphatic carbocycles. The van der Waals surface area contributed by atoms with Crippen LogP contribution in [-0.2, 0) is 0 Å². The summed E-state index contributed by atoms with van der Waals surface area (Å²) in [6, 6.07) is 9.44. The van der Waals surface area contributed by atoms with Crippen molar-refractivity contribution in [1.82, 2.24) is 4.98 Å². The number of pyridine rings is 1. The lowest BCUT2D eigenvalue weighted by Gasteiger charge is -2.11. The maximum absolute atomic E-state index is 12.5. The van der Waals surface area contributed by atoms with Crippen LogP contribution in [0.25, 0.3) is 0 Å². The SMILES string of the molecule is NNc1ncccc1C(=O)Nc1ccccc1SC(F)F. The highest BCUT2D eigenvalue weighted by molar-refractivity contribution is 7.99. The second-order valence-electron chi connectivity index (χ2n) is 3.87. The predicted molar refractivity (Wildman–Crippen MR) is 78.3 cm³/mol. The maximum atomic E-state index is 12.5. The van der Waals surface area contributed by atoms with Crippen molar-refractivity contribution < 1.29 is 13.6 Å². The molecule has 110 valence electrons. The van der Waals surface area contributed by atoms with Gasteiger partial charge in [-0.05, 0) is 24.3 Å². The first-order chi connectivity index (χ1) is 10.1. The number of benzene rings is 1. The molecular weight excluding hydrogens is 298 g/mol. The van der Waals surface area contributed by atoms with Gasteiger partial charge in [0.2, 0.25) is 0 Å². The van der Waals surface area contributed by atoms with E-state index < -0.39 is 11.7 Å². The van der Waals surface area contributed by atoms with E-state index in [1.165, 1.54) is 18.3 Å². The van der Waals surface area contributed by atoms with Gasteiger partial charge in [0.1, 0.15) is 0 Å². The number of halogens is 2. The monoisotopic (exact) mass is 310 g/mol. The lowest BCUT2D eigenvalue weighted by atomic mass is 10.2. The van der Waals surface area contributed by atoms with Crippen LogP contribution < -0.4 is 16.6 Å².